The summed E-state index contributed by atoms with van der Waals surface area (Å²) in [6.07, 6.45) is 0. The van der Waals surface area contributed by atoms with Crippen LogP contribution in [0.1, 0.15) is 13.8 Å². The normalized spacial score (nSPS) is 15.4. The molecule has 7 heteroatoms. The first kappa shape index (κ1) is 16.2. The molecule has 0 atom stereocenters. The summed E-state index contributed by atoms with van der Waals surface area (Å²) in [6.45, 7) is 6.14. The van der Waals surface area contributed by atoms with Gasteiger partial charge in [0.25, 0.3) is 0 Å². The van der Waals surface area contributed by atoms with Crippen molar-refractivity contribution in [3.8, 4) is 0 Å². The maximum absolute atomic E-state index is 5.78. The van der Waals surface area contributed by atoms with Gasteiger partial charge in [-0.25, -0.2) is 5.84 Å². The minimum Gasteiger partial charge on any atom is -0.353 e. The van der Waals surface area contributed by atoms with E-state index >= 15 is 0 Å². The first-order valence-corrected chi connectivity index (χ1v) is 4.08. The van der Waals surface area contributed by atoms with Crippen LogP contribution in [0.4, 0.5) is 0 Å². The summed E-state index contributed by atoms with van der Waals surface area (Å²) in [5, 5.41) is 4.70. The second-order valence-corrected chi connectivity index (χ2v) is 3.74. The minimum atomic E-state index is -0.230. The topological polar surface area (TPSA) is 79.7 Å². The summed E-state index contributed by atoms with van der Waals surface area (Å²) >= 11 is 0. The van der Waals surface area contributed by atoms with Crippen LogP contribution in [-0.2, 0) is 0 Å². The molecule has 0 aromatic carbocycles. The predicted octanol–water partition coefficient (Wildman–Crippen LogP) is -0.298. The Kier molecular flexibility index (Phi) is 7.28. The Hall–Kier alpha value is -0.230. The number of aliphatic imine (C=N–C) groups is 1. The third-order valence-electron chi connectivity index (χ3n) is 1.58. The fourth-order valence-corrected chi connectivity index (χ4v) is 0.925. The standard InChI is InChI=1S/C7H17N5.2ClH/c1-7(2,8)5-11-6-10-3-4-12(6)9;;/h3-5,8-9H2,1-2H3,(H,10,11);2*1H. The lowest BCUT2D eigenvalue weighted by Crippen LogP contribution is -2.50. The number of halogens is 2. The first-order valence-electron chi connectivity index (χ1n) is 4.08. The first-order chi connectivity index (χ1) is 5.49. The molecular formula is C7H19Cl2N5. The SMILES string of the molecule is CC(C)(N)CNC1=NCCN1N.Cl.Cl. The van der Waals surface area contributed by atoms with E-state index in [4.69, 9.17) is 11.6 Å². The van der Waals surface area contributed by atoms with Crippen LogP contribution in [0.25, 0.3) is 0 Å². The van der Waals surface area contributed by atoms with Crippen LogP contribution < -0.4 is 16.9 Å². The van der Waals surface area contributed by atoms with Crippen molar-refractivity contribution in [2.24, 2.45) is 16.6 Å². The molecule has 1 aliphatic rings. The zero-order valence-electron chi connectivity index (χ0n) is 8.49. The Labute approximate surface area is 97.1 Å². The van der Waals surface area contributed by atoms with Crippen molar-refractivity contribution in [1.29, 1.82) is 0 Å². The van der Waals surface area contributed by atoms with Crippen molar-refractivity contribution in [2.45, 2.75) is 19.4 Å². The molecule has 0 radical (unpaired) electrons. The Bertz CT molecular complexity index is 189. The predicted molar refractivity (Wildman–Crippen MR) is 64.0 cm³/mol. The smallest absolute Gasteiger partial charge is 0.208 e. The van der Waals surface area contributed by atoms with Crippen LogP contribution >= 0.6 is 24.8 Å². The molecule has 0 aliphatic carbocycles. The maximum atomic E-state index is 5.78. The minimum absolute atomic E-state index is 0. The van der Waals surface area contributed by atoms with Gasteiger partial charge in [-0.05, 0) is 13.8 Å². The maximum Gasteiger partial charge on any atom is 0.208 e. The van der Waals surface area contributed by atoms with Gasteiger partial charge in [-0.3, -0.25) is 10.0 Å². The van der Waals surface area contributed by atoms with Gasteiger partial charge in [0.1, 0.15) is 0 Å². The monoisotopic (exact) mass is 243 g/mol. The van der Waals surface area contributed by atoms with Crippen molar-refractivity contribution < 1.29 is 0 Å². The van der Waals surface area contributed by atoms with Crippen molar-refractivity contribution in [2.75, 3.05) is 19.6 Å². The molecule has 5 nitrogen and oxygen atoms in total. The summed E-state index contributed by atoms with van der Waals surface area (Å²) < 4.78 is 0. The van der Waals surface area contributed by atoms with Crippen LogP contribution in [0.15, 0.2) is 4.99 Å². The summed E-state index contributed by atoms with van der Waals surface area (Å²) in [7, 11) is 0. The van der Waals surface area contributed by atoms with E-state index in [1.54, 1.807) is 5.01 Å². The van der Waals surface area contributed by atoms with Crippen molar-refractivity contribution in [3.63, 3.8) is 0 Å². The highest BCUT2D eigenvalue weighted by atomic mass is 35.5. The molecule has 0 fully saturated rings. The molecule has 0 aromatic rings. The Balaban J connectivity index is 0. The van der Waals surface area contributed by atoms with Gasteiger partial charge in [0.2, 0.25) is 5.96 Å². The molecule has 0 saturated carbocycles. The van der Waals surface area contributed by atoms with Gasteiger partial charge in [0, 0.05) is 12.1 Å². The number of hydrazine groups is 1. The highest BCUT2D eigenvalue weighted by Gasteiger charge is 2.16. The van der Waals surface area contributed by atoms with Gasteiger partial charge in [-0.2, -0.15) is 0 Å². The summed E-state index contributed by atoms with van der Waals surface area (Å²) in [6, 6.07) is 0. The Morgan fingerprint density at radius 1 is 1.50 bits per heavy atom. The molecule has 1 heterocycles. The molecule has 0 bridgehead atoms. The molecule has 1 rings (SSSR count). The second-order valence-electron chi connectivity index (χ2n) is 3.74. The number of nitrogens with zero attached hydrogens (tertiary/aromatic N) is 2. The lowest BCUT2D eigenvalue weighted by atomic mass is 10.1. The fourth-order valence-electron chi connectivity index (χ4n) is 0.925. The molecule has 1 aliphatic heterocycles. The highest BCUT2D eigenvalue weighted by Crippen LogP contribution is 1.96. The second kappa shape index (κ2) is 6.29. The largest absolute Gasteiger partial charge is 0.353 e. The zero-order chi connectivity index (χ0) is 9.19. The third kappa shape index (κ3) is 5.49. The van der Waals surface area contributed by atoms with E-state index in [-0.39, 0.29) is 30.4 Å². The number of hydrogen-bond donors (Lipinski definition) is 3. The fraction of sp³-hybridized carbons (Fsp3) is 0.857. The molecule has 0 spiro atoms. The molecule has 0 saturated heterocycles. The van der Waals surface area contributed by atoms with Crippen LogP contribution in [0.5, 0.6) is 0 Å². The van der Waals surface area contributed by atoms with Crippen molar-refractivity contribution >= 4 is 30.8 Å². The lowest BCUT2D eigenvalue weighted by molar-refractivity contribution is 0.445. The Morgan fingerprint density at radius 3 is 2.43 bits per heavy atom. The summed E-state index contributed by atoms with van der Waals surface area (Å²) in [4.78, 5) is 4.17. The number of guanidine groups is 1. The molecule has 0 amide bonds. The van der Waals surface area contributed by atoms with E-state index < -0.39 is 0 Å². The average molecular weight is 244 g/mol. The lowest BCUT2D eigenvalue weighted by Gasteiger charge is -2.22. The van der Waals surface area contributed by atoms with Gasteiger partial charge in [-0.1, -0.05) is 0 Å². The Morgan fingerprint density at radius 2 is 2.07 bits per heavy atom. The average Bonchev–Trinajstić information content (AvgIpc) is 2.29. The van der Waals surface area contributed by atoms with Crippen LogP contribution in [0.3, 0.4) is 0 Å². The van der Waals surface area contributed by atoms with Gasteiger partial charge in [0.15, 0.2) is 0 Å². The summed E-state index contributed by atoms with van der Waals surface area (Å²) in [5.41, 5.74) is 5.55. The van der Waals surface area contributed by atoms with Gasteiger partial charge in [-0.15, -0.1) is 24.8 Å². The molecule has 0 unspecified atom stereocenters. The van der Waals surface area contributed by atoms with Crippen LogP contribution in [0, 0.1) is 0 Å². The van der Waals surface area contributed by atoms with Crippen LogP contribution in [0.2, 0.25) is 0 Å². The number of hydrogen-bond acceptors (Lipinski definition) is 5. The summed E-state index contributed by atoms with van der Waals surface area (Å²) in [5.74, 6) is 6.35. The van der Waals surface area contributed by atoms with E-state index in [0.29, 0.717) is 6.54 Å². The van der Waals surface area contributed by atoms with E-state index in [0.717, 1.165) is 19.0 Å². The quantitative estimate of drug-likeness (QED) is 0.583. The zero-order valence-corrected chi connectivity index (χ0v) is 10.1. The van der Waals surface area contributed by atoms with E-state index in [9.17, 15) is 0 Å². The molecule has 5 N–H and O–H groups in total. The molecule has 86 valence electrons. The third-order valence-corrected chi connectivity index (χ3v) is 1.58. The van der Waals surface area contributed by atoms with E-state index in [1.165, 1.54) is 0 Å². The number of nitrogens with two attached hydrogens (primary N) is 2. The van der Waals surface area contributed by atoms with Crippen LogP contribution in [-0.4, -0.2) is 36.1 Å². The number of rotatable bonds is 2. The van der Waals surface area contributed by atoms with Gasteiger partial charge < -0.3 is 11.1 Å². The van der Waals surface area contributed by atoms with Gasteiger partial charge >= 0.3 is 0 Å². The molecule has 14 heavy (non-hydrogen) atoms. The van der Waals surface area contributed by atoms with E-state index in [1.807, 2.05) is 13.8 Å². The number of nitrogens with one attached hydrogen (secondary N) is 1. The molecule has 0 aromatic heterocycles. The molecular weight excluding hydrogens is 225 g/mol. The van der Waals surface area contributed by atoms with E-state index in [2.05, 4.69) is 10.3 Å². The highest BCUT2D eigenvalue weighted by molar-refractivity contribution is 5.85. The van der Waals surface area contributed by atoms with Crippen molar-refractivity contribution in [3.05, 3.63) is 0 Å². The van der Waals surface area contributed by atoms with Gasteiger partial charge in [0.05, 0.1) is 13.1 Å². The van der Waals surface area contributed by atoms with Crippen molar-refractivity contribution in [1.82, 2.24) is 10.3 Å².